The van der Waals surface area contributed by atoms with Crippen LogP contribution in [0.15, 0.2) is 59.7 Å². The smallest absolute Gasteiger partial charge is 0.221 e. The second kappa shape index (κ2) is 8.79. The highest BCUT2D eigenvalue weighted by Crippen LogP contribution is 2.11. The van der Waals surface area contributed by atoms with Crippen LogP contribution in [0.4, 0.5) is 5.69 Å². The van der Waals surface area contributed by atoms with Crippen molar-refractivity contribution >= 4 is 34.6 Å². The van der Waals surface area contributed by atoms with Crippen LogP contribution in [0.3, 0.4) is 0 Å². The number of carbonyl (C=O) groups is 1. The Hall–Kier alpha value is -2.73. The highest BCUT2D eigenvalue weighted by atomic mass is 32.1. The summed E-state index contributed by atoms with van der Waals surface area (Å²) in [6, 6.07) is 17.5. The summed E-state index contributed by atoms with van der Waals surface area (Å²) < 4.78 is 0. The van der Waals surface area contributed by atoms with E-state index in [1.165, 1.54) is 6.92 Å². The van der Waals surface area contributed by atoms with E-state index in [0.717, 1.165) is 22.5 Å². The van der Waals surface area contributed by atoms with E-state index in [1.807, 2.05) is 61.5 Å². The van der Waals surface area contributed by atoms with Crippen LogP contribution in [0.1, 0.15) is 25.0 Å². The van der Waals surface area contributed by atoms with Gasteiger partial charge in [0.15, 0.2) is 5.11 Å². The molecule has 0 aliphatic heterocycles. The molecule has 0 saturated heterocycles. The number of anilines is 1. The lowest BCUT2D eigenvalue weighted by molar-refractivity contribution is -0.114. The van der Waals surface area contributed by atoms with Gasteiger partial charge in [0.1, 0.15) is 0 Å². The summed E-state index contributed by atoms with van der Waals surface area (Å²) in [5, 5.41) is 10.6. The van der Waals surface area contributed by atoms with Gasteiger partial charge in [0.25, 0.3) is 0 Å². The Morgan fingerprint density at radius 3 is 2.54 bits per heavy atom. The molecule has 6 heteroatoms. The van der Waals surface area contributed by atoms with Crippen LogP contribution >= 0.6 is 12.2 Å². The molecule has 24 heavy (non-hydrogen) atoms. The lowest BCUT2D eigenvalue weighted by Crippen LogP contribution is -2.32. The lowest BCUT2D eigenvalue weighted by atomic mass is 10.1. The minimum atomic E-state index is -0.105. The zero-order valence-corrected chi connectivity index (χ0v) is 14.5. The largest absolute Gasteiger partial charge is 0.357 e. The van der Waals surface area contributed by atoms with Crippen molar-refractivity contribution in [2.75, 3.05) is 5.32 Å². The first-order valence-electron chi connectivity index (χ1n) is 7.54. The molecule has 3 N–H and O–H groups in total. The van der Waals surface area contributed by atoms with Gasteiger partial charge < -0.3 is 10.6 Å². The highest BCUT2D eigenvalue weighted by Gasteiger charge is 2.02. The number of hydrogen-bond donors (Lipinski definition) is 3. The first kappa shape index (κ1) is 17.6. The van der Waals surface area contributed by atoms with E-state index >= 15 is 0 Å². The monoisotopic (exact) mass is 340 g/mol. The predicted molar refractivity (Wildman–Crippen MR) is 102 cm³/mol. The van der Waals surface area contributed by atoms with Crippen LogP contribution in [0, 0.1) is 0 Å². The first-order chi connectivity index (χ1) is 11.5. The first-order valence-corrected chi connectivity index (χ1v) is 7.95. The number of amides is 1. The van der Waals surface area contributed by atoms with E-state index in [2.05, 4.69) is 21.2 Å². The molecular weight excluding hydrogens is 320 g/mol. The number of nitrogens with one attached hydrogen (secondary N) is 3. The number of hydrazone groups is 1. The zero-order valence-electron chi connectivity index (χ0n) is 13.7. The Morgan fingerprint density at radius 1 is 1.08 bits per heavy atom. The van der Waals surface area contributed by atoms with Gasteiger partial charge in [-0.25, -0.2) is 0 Å². The molecule has 0 saturated carbocycles. The average molecular weight is 340 g/mol. The summed E-state index contributed by atoms with van der Waals surface area (Å²) in [4.78, 5) is 11.1. The highest BCUT2D eigenvalue weighted by molar-refractivity contribution is 7.80. The van der Waals surface area contributed by atoms with Crippen molar-refractivity contribution in [2.45, 2.75) is 20.4 Å². The van der Waals surface area contributed by atoms with E-state index in [0.29, 0.717) is 11.7 Å². The fourth-order valence-corrected chi connectivity index (χ4v) is 2.16. The summed E-state index contributed by atoms with van der Waals surface area (Å²) >= 11 is 5.22. The third kappa shape index (κ3) is 5.81. The van der Waals surface area contributed by atoms with E-state index in [9.17, 15) is 4.79 Å². The van der Waals surface area contributed by atoms with Crippen molar-refractivity contribution in [3.05, 3.63) is 65.7 Å². The normalized spacial score (nSPS) is 10.8. The maximum Gasteiger partial charge on any atom is 0.221 e. The molecular formula is C18H20N4OS. The molecule has 0 aliphatic carbocycles. The summed E-state index contributed by atoms with van der Waals surface area (Å²) in [7, 11) is 0. The van der Waals surface area contributed by atoms with Crippen molar-refractivity contribution in [2.24, 2.45) is 5.10 Å². The van der Waals surface area contributed by atoms with Crippen LogP contribution < -0.4 is 16.1 Å². The SMILES string of the molecule is CC(=O)Nc1cccc(/C(C)=N\NC(=S)NCc2ccccc2)c1. The molecule has 0 bridgehead atoms. The van der Waals surface area contributed by atoms with Crippen molar-refractivity contribution < 1.29 is 4.79 Å². The Kier molecular flexibility index (Phi) is 6.45. The molecule has 124 valence electrons. The molecule has 5 nitrogen and oxygen atoms in total. The van der Waals surface area contributed by atoms with Crippen molar-refractivity contribution in [1.29, 1.82) is 0 Å². The maximum absolute atomic E-state index is 11.1. The van der Waals surface area contributed by atoms with Crippen LogP contribution in [0.25, 0.3) is 0 Å². The predicted octanol–water partition coefficient (Wildman–Crippen LogP) is 3.03. The van der Waals surface area contributed by atoms with Crippen molar-refractivity contribution in [1.82, 2.24) is 10.7 Å². The van der Waals surface area contributed by atoms with E-state index in [-0.39, 0.29) is 5.91 Å². The van der Waals surface area contributed by atoms with Gasteiger partial charge in [-0.1, -0.05) is 42.5 Å². The second-order valence-corrected chi connectivity index (χ2v) is 5.65. The van der Waals surface area contributed by atoms with Gasteiger partial charge in [-0.15, -0.1) is 0 Å². The maximum atomic E-state index is 11.1. The minimum Gasteiger partial charge on any atom is -0.357 e. The van der Waals surface area contributed by atoms with E-state index in [1.54, 1.807) is 0 Å². The third-order valence-corrected chi connectivity index (χ3v) is 3.46. The van der Waals surface area contributed by atoms with Crippen molar-refractivity contribution in [3.63, 3.8) is 0 Å². The summed E-state index contributed by atoms with van der Waals surface area (Å²) in [6.07, 6.45) is 0. The van der Waals surface area contributed by atoms with Gasteiger partial charge in [-0.05, 0) is 42.4 Å². The quantitative estimate of drug-likeness (QED) is 0.445. The van der Waals surface area contributed by atoms with Crippen LogP contribution in [0.5, 0.6) is 0 Å². The Labute approximate surface area is 147 Å². The molecule has 0 heterocycles. The van der Waals surface area contributed by atoms with Gasteiger partial charge in [-0.2, -0.15) is 5.10 Å². The number of rotatable bonds is 5. The summed E-state index contributed by atoms with van der Waals surface area (Å²) in [5.74, 6) is -0.105. The number of hydrogen-bond acceptors (Lipinski definition) is 3. The zero-order chi connectivity index (χ0) is 17.4. The average Bonchev–Trinajstić information content (AvgIpc) is 2.58. The van der Waals surface area contributed by atoms with Crippen LogP contribution in [-0.2, 0) is 11.3 Å². The number of benzene rings is 2. The van der Waals surface area contributed by atoms with Crippen molar-refractivity contribution in [3.8, 4) is 0 Å². The topological polar surface area (TPSA) is 65.5 Å². The van der Waals surface area contributed by atoms with Crippen LogP contribution in [-0.4, -0.2) is 16.7 Å². The molecule has 0 aromatic heterocycles. The minimum absolute atomic E-state index is 0.105. The van der Waals surface area contributed by atoms with Gasteiger partial charge in [0.2, 0.25) is 5.91 Å². The lowest BCUT2D eigenvalue weighted by Gasteiger charge is -2.09. The van der Waals surface area contributed by atoms with Gasteiger partial charge in [-0.3, -0.25) is 10.2 Å². The van der Waals surface area contributed by atoms with E-state index in [4.69, 9.17) is 12.2 Å². The van der Waals surface area contributed by atoms with Crippen LogP contribution in [0.2, 0.25) is 0 Å². The Bertz CT molecular complexity index is 744. The summed E-state index contributed by atoms with van der Waals surface area (Å²) in [6.45, 7) is 3.99. The molecule has 0 aliphatic rings. The molecule has 2 aromatic rings. The molecule has 0 radical (unpaired) electrons. The van der Waals surface area contributed by atoms with Gasteiger partial charge >= 0.3 is 0 Å². The molecule has 0 spiro atoms. The third-order valence-electron chi connectivity index (χ3n) is 3.22. The molecule has 0 fully saturated rings. The fraction of sp³-hybridized carbons (Fsp3) is 0.167. The van der Waals surface area contributed by atoms with Gasteiger partial charge in [0.05, 0.1) is 5.71 Å². The number of thiocarbonyl (C=S) groups is 1. The molecule has 2 rings (SSSR count). The molecule has 2 aromatic carbocycles. The standard InChI is InChI=1S/C18H20N4OS/c1-13(16-9-6-10-17(11-16)20-14(2)23)21-22-18(24)19-12-15-7-4-3-5-8-15/h3-11H,12H2,1-2H3,(H,20,23)(H2,19,22,24)/b21-13-. The summed E-state index contributed by atoms with van der Waals surface area (Å²) in [5.41, 5.74) is 6.38. The second-order valence-electron chi connectivity index (χ2n) is 5.24. The Morgan fingerprint density at radius 2 is 1.83 bits per heavy atom. The van der Waals surface area contributed by atoms with Gasteiger partial charge in [0, 0.05) is 19.2 Å². The number of nitrogens with zero attached hydrogens (tertiary/aromatic N) is 1. The van der Waals surface area contributed by atoms with E-state index < -0.39 is 0 Å². The number of carbonyl (C=O) groups excluding carboxylic acids is 1. The molecule has 0 atom stereocenters. The molecule has 1 amide bonds. The Balaban J connectivity index is 1.91. The fourth-order valence-electron chi connectivity index (χ4n) is 2.04. The molecule has 0 unspecified atom stereocenters.